The molecule has 1 aliphatic carbocycles. The van der Waals surface area contributed by atoms with Crippen LogP contribution in [0.15, 0.2) is 30.3 Å². The normalized spacial score (nSPS) is 14.1. The van der Waals surface area contributed by atoms with Crippen molar-refractivity contribution in [2.45, 2.75) is 52.4 Å². The molecule has 0 bridgehead atoms. The van der Waals surface area contributed by atoms with Crippen LogP contribution in [-0.2, 0) is 12.8 Å². The Kier molecular flexibility index (Phi) is 3.96. The SMILES string of the molecule is Cc1cc(Nc2ccc(C(C)C)cc2)c2c(n1)CCCC2. The molecular formula is C19H24N2. The van der Waals surface area contributed by atoms with Crippen LogP contribution in [0.4, 0.5) is 11.4 Å². The Hall–Kier alpha value is -1.83. The van der Waals surface area contributed by atoms with E-state index in [0.29, 0.717) is 5.92 Å². The van der Waals surface area contributed by atoms with Crippen molar-refractivity contribution < 1.29 is 0 Å². The second kappa shape index (κ2) is 5.88. The van der Waals surface area contributed by atoms with E-state index in [-0.39, 0.29) is 0 Å². The molecule has 1 heterocycles. The van der Waals surface area contributed by atoms with Crippen LogP contribution in [-0.4, -0.2) is 4.98 Å². The highest BCUT2D eigenvalue weighted by Crippen LogP contribution is 2.30. The van der Waals surface area contributed by atoms with E-state index in [1.807, 2.05) is 0 Å². The highest BCUT2D eigenvalue weighted by molar-refractivity contribution is 5.65. The van der Waals surface area contributed by atoms with Gasteiger partial charge in [0.25, 0.3) is 0 Å². The molecule has 2 heteroatoms. The monoisotopic (exact) mass is 280 g/mol. The van der Waals surface area contributed by atoms with Gasteiger partial charge in [-0.2, -0.15) is 0 Å². The smallest absolute Gasteiger partial charge is 0.0459 e. The molecule has 2 nitrogen and oxygen atoms in total. The first kappa shape index (κ1) is 14.1. The van der Waals surface area contributed by atoms with Gasteiger partial charge in [0.1, 0.15) is 0 Å². The summed E-state index contributed by atoms with van der Waals surface area (Å²) in [6.07, 6.45) is 4.82. The molecule has 110 valence electrons. The molecule has 0 spiro atoms. The predicted octanol–water partition coefficient (Wildman–Crippen LogP) is 5.14. The van der Waals surface area contributed by atoms with Gasteiger partial charge in [-0.1, -0.05) is 26.0 Å². The first-order valence-corrected chi connectivity index (χ1v) is 8.00. The van der Waals surface area contributed by atoms with Crippen LogP contribution >= 0.6 is 0 Å². The molecule has 21 heavy (non-hydrogen) atoms. The molecule has 0 saturated carbocycles. The number of aryl methyl sites for hydroxylation is 2. The minimum atomic E-state index is 0.579. The zero-order valence-electron chi connectivity index (χ0n) is 13.2. The fraction of sp³-hybridized carbons (Fsp3) is 0.421. The Labute approximate surface area is 127 Å². The summed E-state index contributed by atoms with van der Waals surface area (Å²) < 4.78 is 0. The number of nitrogens with one attached hydrogen (secondary N) is 1. The summed E-state index contributed by atoms with van der Waals surface area (Å²) in [7, 11) is 0. The largest absolute Gasteiger partial charge is 0.355 e. The van der Waals surface area contributed by atoms with Crippen molar-refractivity contribution in [1.29, 1.82) is 0 Å². The molecular weight excluding hydrogens is 256 g/mol. The Morgan fingerprint density at radius 3 is 2.48 bits per heavy atom. The van der Waals surface area contributed by atoms with Gasteiger partial charge in [0.2, 0.25) is 0 Å². The fourth-order valence-electron chi connectivity index (χ4n) is 3.06. The summed E-state index contributed by atoms with van der Waals surface area (Å²) in [6, 6.07) is 11.0. The lowest BCUT2D eigenvalue weighted by molar-refractivity contribution is 0.667. The van der Waals surface area contributed by atoms with E-state index in [1.165, 1.54) is 35.3 Å². The van der Waals surface area contributed by atoms with Crippen molar-refractivity contribution in [3.63, 3.8) is 0 Å². The number of pyridine rings is 1. The molecule has 3 rings (SSSR count). The molecule has 0 fully saturated rings. The third-order valence-corrected chi connectivity index (χ3v) is 4.28. The second-order valence-corrected chi connectivity index (χ2v) is 6.35. The van der Waals surface area contributed by atoms with Crippen LogP contribution in [0, 0.1) is 6.92 Å². The molecule has 1 N–H and O–H groups in total. The zero-order valence-corrected chi connectivity index (χ0v) is 13.2. The van der Waals surface area contributed by atoms with Gasteiger partial charge in [-0.05, 0) is 67.9 Å². The Morgan fingerprint density at radius 2 is 1.76 bits per heavy atom. The maximum absolute atomic E-state index is 4.71. The summed E-state index contributed by atoms with van der Waals surface area (Å²) in [5, 5.41) is 3.60. The van der Waals surface area contributed by atoms with Crippen molar-refractivity contribution in [1.82, 2.24) is 4.98 Å². The second-order valence-electron chi connectivity index (χ2n) is 6.35. The number of hydrogen-bond donors (Lipinski definition) is 1. The maximum atomic E-state index is 4.71. The third-order valence-electron chi connectivity index (χ3n) is 4.28. The van der Waals surface area contributed by atoms with Gasteiger partial charge < -0.3 is 5.32 Å². The van der Waals surface area contributed by atoms with Gasteiger partial charge in [-0.25, -0.2) is 0 Å². The predicted molar refractivity (Wildman–Crippen MR) is 89.4 cm³/mol. The number of hydrogen-bond acceptors (Lipinski definition) is 2. The van der Waals surface area contributed by atoms with E-state index in [2.05, 4.69) is 56.4 Å². The first-order valence-electron chi connectivity index (χ1n) is 8.00. The van der Waals surface area contributed by atoms with E-state index in [1.54, 1.807) is 0 Å². The molecule has 1 aromatic heterocycles. The van der Waals surface area contributed by atoms with Crippen LogP contribution in [0.5, 0.6) is 0 Å². The van der Waals surface area contributed by atoms with Crippen LogP contribution < -0.4 is 5.32 Å². The third kappa shape index (κ3) is 3.10. The molecule has 1 aliphatic rings. The Balaban J connectivity index is 1.89. The molecule has 0 saturated heterocycles. The summed E-state index contributed by atoms with van der Waals surface area (Å²) in [5.41, 5.74) is 7.61. The molecule has 1 aromatic carbocycles. The fourth-order valence-corrected chi connectivity index (χ4v) is 3.06. The average Bonchev–Trinajstić information content (AvgIpc) is 2.47. The summed E-state index contributed by atoms with van der Waals surface area (Å²) in [6.45, 7) is 6.54. The van der Waals surface area contributed by atoms with Crippen LogP contribution in [0.25, 0.3) is 0 Å². The molecule has 0 atom stereocenters. The van der Waals surface area contributed by atoms with Gasteiger partial charge in [0.15, 0.2) is 0 Å². The van der Waals surface area contributed by atoms with E-state index in [9.17, 15) is 0 Å². The molecule has 0 radical (unpaired) electrons. The van der Waals surface area contributed by atoms with Gasteiger partial charge >= 0.3 is 0 Å². The lowest BCUT2D eigenvalue weighted by Gasteiger charge is -2.20. The van der Waals surface area contributed by atoms with Gasteiger partial charge in [0.05, 0.1) is 0 Å². The van der Waals surface area contributed by atoms with E-state index >= 15 is 0 Å². The van der Waals surface area contributed by atoms with Crippen molar-refractivity contribution >= 4 is 11.4 Å². The number of rotatable bonds is 3. The molecule has 0 aliphatic heterocycles. The first-order chi connectivity index (χ1) is 10.1. The zero-order chi connectivity index (χ0) is 14.8. The highest BCUT2D eigenvalue weighted by atomic mass is 14.9. The minimum Gasteiger partial charge on any atom is -0.355 e. The highest BCUT2D eigenvalue weighted by Gasteiger charge is 2.15. The summed E-state index contributed by atoms with van der Waals surface area (Å²) in [4.78, 5) is 4.71. The lowest BCUT2D eigenvalue weighted by Crippen LogP contribution is -2.09. The van der Waals surface area contributed by atoms with Crippen molar-refractivity contribution in [3.05, 3.63) is 52.8 Å². The van der Waals surface area contributed by atoms with Gasteiger partial charge in [-0.15, -0.1) is 0 Å². The van der Waals surface area contributed by atoms with Crippen molar-refractivity contribution in [2.24, 2.45) is 0 Å². The van der Waals surface area contributed by atoms with Gasteiger partial charge in [-0.3, -0.25) is 4.98 Å². The van der Waals surface area contributed by atoms with Crippen molar-refractivity contribution in [2.75, 3.05) is 5.32 Å². The van der Waals surface area contributed by atoms with Crippen LogP contribution in [0.3, 0.4) is 0 Å². The standard InChI is InChI=1S/C19H24N2/c1-13(2)15-8-10-16(11-9-15)21-19-12-14(3)20-18-7-5-4-6-17(18)19/h8-13H,4-7H2,1-3H3,(H,20,21). The van der Waals surface area contributed by atoms with E-state index in [0.717, 1.165) is 24.2 Å². The van der Waals surface area contributed by atoms with Crippen LogP contribution in [0.1, 0.15) is 55.1 Å². The van der Waals surface area contributed by atoms with Crippen molar-refractivity contribution in [3.8, 4) is 0 Å². The van der Waals surface area contributed by atoms with Gasteiger partial charge in [0, 0.05) is 22.8 Å². The van der Waals surface area contributed by atoms with E-state index < -0.39 is 0 Å². The Bertz CT molecular complexity index is 627. The number of anilines is 2. The summed E-state index contributed by atoms with van der Waals surface area (Å²) >= 11 is 0. The Morgan fingerprint density at radius 1 is 1.05 bits per heavy atom. The van der Waals surface area contributed by atoms with E-state index in [4.69, 9.17) is 4.98 Å². The number of nitrogens with zero attached hydrogens (tertiary/aromatic N) is 1. The number of aromatic nitrogens is 1. The minimum absolute atomic E-state index is 0.579. The summed E-state index contributed by atoms with van der Waals surface area (Å²) in [5.74, 6) is 0.579. The quantitative estimate of drug-likeness (QED) is 0.842. The maximum Gasteiger partial charge on any atom is 0.0459 e. The molecule has 0 amide bonds. The average molecular weight is 280 g/mol. The molecule has 0 unspecified atom stereocenters. The van der Waals surface area contributed by atoms with Crippen LogP contribution in [0.2, 0.25) is 0 Å². The topological polar surface area (TPSA) is 24.9 Å². The lowest BCUT2D eigenvalue weighted by atomic mass is 9.94. The number of benzene rings is 1. The number of fused-ring (bicyclic) bond motifs is 1. The molecule has 2 aromatic rings.